The first-order chi connectivity index (χ1) is 12.8. The van der Waals surface area contributed by atoms with Crippen molar-refractivity contribution < 1.29 is 24.0 Å². The number of ether oxygens (including phenoxy) is 1. The summed E-state index contributed by atoms with van der Waals surface area (Å²) in [5.41, 5.74) is -1.05. The van der Waals surface area contributed by atoms with Gasteiger partial charge in [-0.15, -0.1) is 0 Å². The zero-order chi connectivity index (χ0) is 18.9. The number of rotatable bonds is 5. The van der Waals surface area contributed by atoms with Crippen LogP contribution in [0.15, 0.2) is 24.3 Å². The Morgan fingerprint density at radius 1 is 1.11 bits per heavy atom. The largest absolute Gasteiger partial charge is 0.508 e. The van der Waals surface area contributed by atoms with Crippen molar-refractivity contribution in [1.82, 2.24) is 0 Å². The molecule has 4 aliphatic carbocycles. The topological polar surface area (TPSA) is 47.9 Å². The quantitative estimate of drug-likeness (QED) is 0.746. The molecule has 5 fully saturated rings. The van der Waals surface area contributed by atoms with Crippen LogP contribution >= 0.6 is 0 Å². The van der Waals surface area contributed by atoms with Gasteiger partial charge in [0, 0.05) is 12.0 Å². The van der Waals surface area contributed by atoms with E-state index >= 15 is 0 Å². The fraction of sp³-hybridized carbons (Fsp3) is 0.727. The fourth-order valence-electron chi connectivity index (χ4n) is 6.41. The van der Waals surface area contributed by atoms with E-state index in [2.05, 4.69) is 0 Å². The Balaban J connectivity index is 1.53. The summed E-state index contributed by atoms with van der Waals surface area (Å²) in [5.74, 6) is 1.48. The molecule has 1 unspecified atom stereocenters. The molecule has 1 heterocycles. The zero-order valence-electron chi connectivity index (χ0n) is 16.1. The molecule has 27 heavy (non-hydrogen) atoms. The lowest BCUT2D eigenvalue weighted by Crippen LogP contribution is -2.76. The van der Waals surface area contributed by atoms with Crippen LogP contribution in [0.1, 0.15) is 57.9 Å². The Bertz CT molecular complexity index is 699. The molecule has 5 heteroatoms. The number of halogens is 1. The third-order valence-corrected chi connectivity index (χ3v) is 7.39. The molecule has 1 aromatic carbocycles. The molecule has 6 rings (SSSR count). The van der Waals surface area contributed by atoms with Crippen LogP contribution in [0.2, 0.25) is 0 Å². The third-order valence-electron chi connectivity index (χ3n) is 7.39. The van der Waals surface area contributed by atoms with E-state index in [0.29, 0.717) is 11.8 Å². The van der Waals surface area contributed by atoms with Crippen LogP contribution in [0.3, 0.4) is 0 Å². The van der Waals surface area contributed by atoms with Gasteiger partial charge in [-0.2, -0.15) is 4.89 Å². The standard InChI is InChI=1S/C22H29FO4/c1-20(2,23)6-7-25-22(16-4-3-5-19(24)13-16)21(26-27-22)17-9-14-8-15(11-17)12-18(21)10-14/h3-5,13-15,17-18,24H,6-12H2,1-2H3. The molecule has 1 atom stereocenters. The van der Waals surface area contributed by atoms with Gasteiger partial charge in [-0.1, -0.05) is 12.1 Å². The summed E-state index contributed by atoms with van der Waals surface area (Å²) in [4.78, 5) is 11.8. The molecule has 0 radical (unpaired) electrons. The lowest BCUT2D eigenvalue weighted by Gasteiger charge is -2.69. The number of phenolic OH excluding ortho intramolecular Hbond substituents is 1. The molecule has 4 bridgehead atoms. The van der Waals surface area contributed by atoms with Gasteiger partial charge in [0.1, 0.15) is 11.4 Å². The highest BCUT2D eigenvalue weighted by molar-refractivity contribution is 5.35. The van der Waals surface area contributed by atoms with Crippen molar-refractivity contribution in [1.29, 1.82) is 0 Å². The molecule has 1 saturated heterocycles. The predicted molar refractivity (Wildman–Crippen MR) is 97.5 cm³/mol. The van der Waals surface area contributed by atoms with Crippen molar-refractivity contribution in [2.24, 2.45) is 23.7 Å². The fourth-order valence-corrected chi connectivity index (χ4v) is 6.41. The molecule has 5 aliphatic rings. The van der Waals surface area contributed by atoms with Crippen LogP contribution in [0.5, 0.6) is 5.75 Å². The zero-order valence-corrected chi connectivity index (χ0v) is 16.1. The Labute approximate surface area is 159 Å². The second kappa shape index (κ2) is 5.91. The summed E-state index contributed by atoms with van der Waals surface area (Å²) >= 11 is 0. The minimum absolute atomic E-state index is 0.177. The maximum atomic E-state index is 14.1. The second-order valence-electron chi connectivity index (χ2n) is 9.75. The Kier molecular flexibility index (Phi) is 3.92. The van der Waals surface area contributed by atoms with Gasteiger partial charge in [-0.25, -0.2) is 9.28 Å². The number of benzene rings is 1. The maximum absolute atomic E-state index is 14.1. The monoisotopic (exact) mass is 376 g/mol. The van der Waals surface area contributed by atoms with Gasteiger partial charge in [0.25, 0.3) is 5.79 Å². The molecule has 4 saturated carbocycles. The Morgan fingerprint density at radius 2 is 1.78 bits per heavy atom. The molecular weight excluding hydrogens is 347 g/mol. The van der Waals surface area contributed by atoms with Gasteiger partial charge in [0.15, 0.2) is 5.60 Å². The number of alkyl halides is 1. The van der Waals surface area contributed by atoms with E-state index < -0.39 is 17.1 Å². The first-order valence-corrected chi connectivity index (χ1v) is 10.3. The van der Waals surface area contributed by atoms with Gasteiger partial charge >= 0.3 is 0 Å². The van der Waals surface area contributed by atoms with E-state index in [0.717, 1.165) is 43.1 Å². The van der Waals surface area contributed by atoms with Crippen LogP contribution in [-0.4, -0.2) is 23.0 Å². The first-order valence-electron chi connectivity index (χ1n) is 10.3. The van der Waals surface area contributed by atoms with Gasteiger partial charge in [-0.3, -0.25) is 0 Å². The van der Waals surface area contributed by atoms with Crippen molar-refractivity contribution in [2.75, 3.05) is 6.61 Å². The summed E-state index contributed by atoms with van der Waals surface area (Å²) in [6.07, 6.45) is 6.22. The SMILES string of the molecule is CC(C)(F)CCOC1(c2cccc(O)c2)OOC12C1CC3CC(C1)CC2C3. The second-order valence-corrected chi connectivity index (χ2v) is 9.75. The molecule has 0 amide bonds. The van der Waals surface area contributed by atoms with E-state index in [1.54, 1.807) is 32.0 Å². The van der Waals surface area contributed by atoms with E-state index in [1.807, 2.05) is 6.07 Å². The molecule has 1 N–H and O–H groups in total. The Hall–Kier alpha value is -1.17. The normalized spacial score (nSPS) is 42.5. The van der Waals surface area contributed by atoms with Crippen LogP contribution in [-0.2, 0) is 20.3 Å². The molecule has 0 aromatic heterocycles. The molecular formula is C22H29FO4. The summed E-state index contributed by atoms with van der Waals surface area (Å²) in [6, 6.07) is 7.08. The molecule has 148 valence electrons. The van der Waals surface area contributed by atoms with E-state index in [1.165, 1.54) is 6.42 Å². The van der Waals surface area contributed by atoms with Crippen molar-refractivity contribution in [3.05, 3.63) is 29.8 Å². The highest BCUT2D eigenvalue weighted by Crippen LogP contribution is 2.69. The van der Waals surface area contributed by atoms with Gasteiger partial charge in [-0.05, 0) is 81.8 Å². The van der Waals surface area contributed by atoms with Crippen molar-refractivity contribution in [3.8, 4) is 5.75 Å². The average Bonchev–Trinajstić information content (AvgIpc) is 2.56. The number of hydrogen-bond acceptors (Lipinski definition) is 4. The Morgan fingerprint density at radius 3 is 2.30 bits per heavy atom. The maximum Gasteiger partial charge on any atom is 0.261 e. The molecule has 1 spiro atoms. The summed E-state index contributed by atoms with van der Waals surface area (Å²) in [5, 5.41) is 10.1. The minimum Gasteiger partial charge on any atom is -0.508 e. The summed E-state index contributed by atoms with van der Waals surface area (Å²) < 4.78 is 20.4. The van der Waals surface area contributed by atoms with Crippen LogP contribution < -0.4 is 0 Å². The lowest BCUT2D eigenvalue weighted by atomic mass is 9.47. The summed E-state index contributed by atoms with van der Waals surface area (Å²) in [7, 11) is 0. The first kappa shape index (κ1) is 17.9. The highest BCUT2D eigenvalue weighted by Gasteiger charge is 2.76. The van der Waals surface area contributed by atoms with Gasteiger partial charge < -0.3 is 9.84 Å². The van der Waals surface area contributed by atoms with Gasteiger partial charge in [0.2, 0.25) is 0 Å². The number of hydrogen-bond donors (Lipinski definition) is 1. The van der Waals surface area contributed by atoms with Crippen molar-refractivity contribution in [2.45, 2.75) is 69.4 Å². The third kappa shape index (κ3) is 2.58. The molecule has 4 nitrogen and oxygen atoms in total. The van der Waals surface area contributed by atoms with Crippen molar-refractivity contribution in [3.63, 3.8) is 0 Å². The minimum atomic E-state index is -1.30. The smallest absolute Gasteiger partial charge is 0.261 e. The van der Waals surface area contributed by atoms with Crippen LogP contribution in [0, 0.1) is 23.7 Å². The van der Waals surface area contributed by atoms with Crippen LogP contribution in [0.25, 0.3) is 0 Å². The van der Waals surface area contributed by atoms with Crippen LogP contribution in [0.4, 0.5) is 4.39 Å². The highest BCUT2D eigenvalue weighted by atomic mass is 19.1. The summed E-state index contributed by atoms with van der Waals surface area (Å²) in [6.45, 7) is 3.37. The average molecular weight is 376 g/mol. The van der Waals surface area contributed by atoms with E-state index in [-0.39, 0.29) is 18.8 Å². The van der Waals surface area contributed by atoms with E-state index in [4.69, 9.17) is 14.5 Å². The number of phenols is 1. The van der Waals surface area contributed by atoms with E-state index in [9.17, 15) is 9.50 Å². The predicted octanol–water partition coefficient (Wildman–Crippen LogP) is 4.86. The molecule has 1 aromatic rings. The van der Waals surface area contributed by atoms with Gasteiger partial charge in [0.05, 0.1) is 6.61 Å². The number of aromatic hydroxyl groups is 1. The lowest BCUT2D eigenvalue weighted by molar-refractivity contribution is -0.648. The van der Waals surface area contributed by atoms with Crippen molar-refractivity contribution >= 4 is 0 Å². The molecule has 1 aliphatic heterocycles.